The number of fused-ring (bicyclic) bond motifs is 1. The molecule has 1 N–H and O–H groups in total. The summed E-state index contributed by atoms with van der Waals surface area (Å²) in [5.41, 5.74) is 9.31. The van der Waals surface area contributed by atoms with Crippen LogP contribution in [0, 0.1) is 32.1 Å². The van der Waals surface area contributed by atoms with E-state index in [0.717, 1.165) is 45.7 Å². The normalized spacial score (nSPS) is 11.8. The number of nitrogens with one attached hydrogen (secondary N) is 1. The number of imidazole rings is 1. The zero-order chi connectivity index (χ0) is 22.0. The van der Waals surface area contributed by atoms with Crippen molar-refractivity contribution in [1.82, 2.24) is 14.5 Å². The van der Waals surface area contributed by atoms with Gasteiger partial charge >= 0.3 is 0 Å². The highest BCUT2D eigenvalue weighted by atomic mass is 15.0. The number of hydrogen-bond donors (Lipinski definition) is 1. The van der Waals surface area contributed by atoms with Gasteiger partial charge in [0.15, 0.2) is 0 Å². The number of allylic oxidation sites excluding steroid dienone is 1. The minimum Gasteiger partial charge on any atom is -0.337 e. The van der Waals surface area contributed by atoms with E-state index >= 15 is 0 Å². The second-order valence-electron chi connectivity index (χ2n) is 8.21. The molecule has 31 heavy (non-hydrogen) atoms. The van der Waals surface area contributed by atoms with Gasteiger partial charge in [0.2, 0.25) is 0 Å². The molecule has 0 saturated carbocycles. The van der Waals surface area contributed by atoms with Crippen molar-refractivity contribution in [3.63, 3.8) is 0 Å². The third-order valence-corrected chi connectivity index (χ3v) is 5.80. The Kier molecular flexibility index (Phi) is 5.77. The Hall–Kier alpha value is -3.58. The molecule has 2 aromatic heterocycles. The van der Waals surface area contributed by atoms with Crippen molar-refractivity contribution in [3.05, 3.63) is 82.4 Å². The molecule has 0 bridgehead atoms. The van der Waals surface area contributed by atoms with Gasteiger partial charge in [-0.1, -0.05) is 31.5 Å². The molecule has 4 rings (SSSR count). The standard InChI is InChI=1S/C27H28N4/c1-5-6-7-21-9-11-24(12-10-21)31-19(3)15-22(20(31)4)16-23(17-28)27-29-25-13-8-18(2)14-26(25)30-27/h8-16H,5-7H2,1-4H3,(H,29,30)/b23-16-. The van der Waals surface area contributed by atoms with E-state index in [1.54, 1.807) is 0 Å². The summed E-state index contributed by atoms with van der Waals surface area (Å²) in [6, 6.07) is 19.3. The van der Waals surface area contributed by atoms with Crippen LogP contribution in [-0.2, 0) is 6.42 Å². The molecule has 0 aliphatic rings. The van der Waals surface area contributed by atoms with E-state index in [2.05, 4.69) is 77.8 Å². The number of nitrogens with zero attached hydrogens (tertiary/aromatic N) is 3. The molecule has 0 fully saturated rings. The molecular weight excluding hydrogens is 380 g/mol. The highest BCUT2D eigenvalue weighted by Crippen LogP contribution is 2.26. The molecule has 2 heterocycles. The van der Waals surface area contributed by atoms with Crippen molar-refractivity contribution in [2.24, 2.45) is 0 Å². The quantitative estimate of drug-likeness (QED) is 0.362. The number of benzene rings is 2. The van der Waals surface area contributed by atoms with E-state index in [0.29, 0.717) is 11.4 Å². The first-order valence-corrected chi connectivity index (χ1v) is 10.9. The number of unbranched alkanes of at least 4 members (excludes halogenated alkanes) is 1. The summed E-state index contributed by atoms with van der Waals surface area (Å²) in [5.74, 6) is 0.605. The summed E-state index contributed by atoms with van der Waals surface area (Å²) in [6.45, 7) is 8.47. The monoisotopic (exact) mass is 408 g/mol. The fourth-order valence-electron chi connectivity index (χ4n) is 4.08. The summed E-state index contributed by atoms with van der Waals surface area (Å²) in [6.07, 6.45) is 5.48. The molecule has 0 spiro atoms. The van der Waals surface area contributed by atoms with Crippen LogP contribution in [0.1, 0.15) is 53.7 Å². The smallest absolute Gasteiger partial charge is 0.149 e. The number of hydrogen-bond acceptors (Lipinski definition) is 2. The molecule has 0 unspecified atom stereocenters. The predicted octanol–water partition coefficient (Wildman–Crippen LogP) is 6.69. The van der Waals surface area contributed by atoms with Gasteiger partial charge in [-0.2, -0.15) is 5.26 Å². The number of rotatable bonds is 6. The Morgan fingerprint density at radius 2 is 1.87 bits per heavy atom. The Labute approximate surface area is 183 Å². The summed E-state index contributed by atoms with van der Waals surface area (Å²) >= 11 is 0. The van der Waals surface area contributed by atoms with Crippen LogP contribution in [0.5, 0.6) is 0 Å². The first-order valence-electron chi connectivity index (χ1n) is 10.9. The van der Waals surface area contributed by atoms with Crippen molar-refractivity contribution in [1.29, 1.82) is 5.26 Å². The third kappa shape index (κ3) is 4.18. The molecule has 0 saturated heterocycles. The molecular formula is C27H28N4. The zero-order valence-electron chi connectivity index (χ0n) is 18.7. The molecule has 0 amide bonds. The van der Waals surface area contributed by atoms with E-state index in [1.165, 1.54) is 18.4 Å². The highest BCUT2D eigenvalue weighted by Gasteiger charge is 2.13. The minimum absolute atomic E-state index is 0.531. The summed E-state index contributed by atoms with van der Waals surface area (Å²) in [5, 5.41) is 9.82. The average Bonchev–Trinajstić information content (AvgIpc) is 3.30. The lowest BCUT2D eigenvalue weighted by Gasteiger charge is -2.11. The van der Waals surface area contributed by atoms with Gasteiger partial charge in [-0.05, 0) is 86.7 Å². The fourth-order valence-corrected chi connectivity index (χ4v) is 4.08. The Morgan fingerprint density at radius 1 is 1.10 bits per heavy atom. The first kappa shape index (κ1) is 20.7. The second-order valence-corrected chi connectivity index (χ2v) is 8.21. The van der Waals surface area contributed by atoms with Crippen LogP contribution in [0.25, 0.3) is 28.4 Å². The lowest BCUT2D eigenvalue weighted by atomic mass is 10.1. The maximum Gasteiger partial charge on any atom is 0.149 e. The highest BCUT2D eigenvalue weighted by molar-refractivity contribution is 5.91. The number of aryl methyl sites for hydroxylation is 3. The predicted molar refractivity (Wildman–Crippen MR) is 128 cm³/mol. The number of H-pyrrole nitrogens is 1. The largest absolute Gasteiger partial charge is 0.337 e. The van der Waals surface area contributed by atoms with Crippen LogP contribution in [-0.4, -0.2) is 14.5 Å². The zero-order valence-corrected chi connectivity index (χ0v) is 18.7. The van der Waals surface area contributed by atoms with Crippen molar-refractivity contribution in [2.75, 3.05) is 0 Å². The van der Waals surface area contributed by atoms with Gasteiger partial charge in [-0.3, -0.25) is 0 Å². The van der Waals surface area contributed by atoms with Crippen LogP contribution in [0.3, 0.4) is 0 Å². The van der Waals surface area contributed by atoms with Gasteiger partial charge in [0.05, 0.1) is 16.6 Å². The van der Waals surface area contributed by atoms with E-state index in [1.807, 2.05) is 25.1 Å². The van der Waals surface area contributed by atoms with Gasteiger partial charge in [-0.25, -0.2) is 4.98 Å². The van der Waals surface area contributed by atoms with Gasteiger partial charge in [0.25, 0.3) is 0 Å². The Bertz CT molecular complexity index is 1290. The van der Waals surface area contributed by atoms with E-state index < -0.39 is 0 Å². The maximum absolute atomic E-state index is 9.82. The van der Waals surface area contributed by atoms with Crippen molar-refractivity contribution in [2.45, 2.75) is 47.0 Å². The minimum atomic E-state index is 0.531. The van der Waals surface area contributed by atoms with E-state index in [4.69, 9.17) is 0 Å². The van der Waals surface area contributed by atoms with Gasteiger partial charge in [-0.15, -0.1) is 0 Å². The lowest BCUT2D eigenvalue weighted by Crippen LogP contribution is -1.99. The molecule has 156 valence electrons. The molecule has 4 heteroatoms. The number of aromatic amines is 1. The van der Waals surface area contributed by atoms with Crippen LogP contribution in [0.4, 0.5) is 0 Å². The van der Waals surface area contributed by atoms with E-state index in [-0.39, 0.29) is 0 Å². The van der Waals surface area contributed by atoms with Crippen LogP contribution < -0.4 is 0 Å². The molecule has 0 radical (unpaired) electrons. The van der Waals surface area contributed by atoms with E-state index in [9.17, 15) is 5.26 Å². The molecule has 0 aliphatic carbocycles. The van der Waals surface area contributed by atoms with Crippen LogP contribution in [0.2, 0.25) is 0 Å². The van der Waals surface area contributed by atoms with Crippen molar-refractivity contribution >= 4 is 22.7 Å². The Balaban J connectivity index is 1.69. The summed E-state index contributed by atoms with van der Waals surface area (Å²) < 4.78 is 2.24. The van der Waals surface area contributed by atoms with Gasteiger partial charge < -0.3 is 9.55 Å². The van der Waals surface area contributed by atoms with Gasteiger partial charge in [0.1, 0.15) is 11.9 Å². The topological polar surface area (TPSA) is 57.4 Å². The maximum atomic E-state index is 9.82. The molecule has 0 aliphatic heterocycles. The van der Waals surface area contributed by atoms with Crippen molar-refractivity contribution < 1.29 is 0 Å². The lowest BCUT2D eigenvalue weighted by molar-refractivity contribution is 0.794. The molecule has 0 atom stereocenters. The molecule has 4 nitrogen and oxygen atoms in total. The Morgan fingerprint density at radius 3 is 2.58 bits per heavy atom. The van der Waals surface area contributed by atoms with Crippen molar-refractivity contribution in [3.8, 4) is 11.8 Å². The first-order chi connectivity index (χ1) is 15.0. The van der Waals surface area contributed by atoms with Crippen LogP contribution >= 0.6 is 0 Å². The number of nitriles is 1. The fraction of sp³-hybridized carbons (Fsp3) is 0.259. The summed E-state index contributed by atoms with van der Waals surface area (Å²) in [7, 11) is 0. The average molecular weight is 409 g/mol. The third-order valence-electron chi connectivity index (χ3n) is 5.80. The summed E-state index contributed by atoms with van der Waals surface area (Å²) in [4.78, 5) is 7.91. The molecule has 2 aromatic carbocycles. The van der Waals surface area contributed by atoms with Crippen LogP contribution in [0.15, 0.2) is 48.5 Å². The van der Waals surface area contributed by atoms with Gasteiger partial charge in [0, 0.05) is 17.1 Å². The number of aromatic nitrogens is 3. The SMILES string of the molecule is CCCCc1ccc(-n2c(C)cc(/C=C(/C#N)c3nc4ccc(C)cc4[nH]3)c2C)cc1. The second kappa shape index (κ2) is 8.65. The molecule has 4 aromatic rings.